The third-order valence-electron chi connectivity index (χ3n) is 0.852. The maximum atomic E-state index is 8.39. The van der Waals surface area contributed by atoms with Gasteiger partial charge in [-0.15, -0.1) is 6.58 Å². The van der Waals surface area contributed by atoms with Crippen molar-refractivity contribution in [3.05, 3.63) is 12.7 Å². The van der Waals surface area contributed by atoms with Crippen molar-refractivity contribution >= 4 is 0 Å². The quantitative estimate of drug-likeness (QED) is 0.480. The molecule has 0 aliphatic rings. The predicted molar refractivity (Wildman–Crippen MR) is 30.1 cm³/mol. The van der Waals surface area contributed by atoms with Crippen molar-refractivity contribution in [1.29, 1.82) is 0 Å². The van der Waals surface area contributed by atoms with Crippen LogP contribution in [0.5, 0.6) is 0 Å². The number of aliphatic hydroxyl groups excluding tert-OH is 1. The van der Waals surface area contributed by atoms with Gasteiger partial charge in [-0.2, -0.15) is 0 Å². The lowest BCUT2D eigenvalue weighted by Crippen LogP contribution is -2.25. The van der Waals surface area contributed by atoms with Crippen LogP contribution in [0.3, 0.4) is 0 Å². The Morgan fingerprint density at radius 1 is 2.00 bits per heavy atom. The van der Waals surface area contributed by atoms with Gasteiger partial charge in [-0.05, 0) is 7.05 Å². The lowest BCUT2D eigenvalue weighted by molar-refractivity contribution is 0.270. The average Bonchev–Trinajstić information content (AvgIpc) is 1.72. The van der Waals surface area contributed by atoms with E-state index in [9.17, 15) is 0 Å². The molecule has 1 atom stereocenters. The Balaban J connectivity index is 3.16. The van der Waals surface area contributed by atoms with Crippen LogP contribution >= 0.6 is 0 Å². The van der Waals surface area contributed by atoms with Gasteiger partial charge in [-0.25, -0.2) is 0 Å². The Morgan fingerprint density at radius 2 is 2.57 bits per heavy atom. The van der Waals surface area contributed by atoms with Crippen LogP contribution in [0.25, 0.3) is 0 Å². The standard InChI is InChI=1S/C5H11NO/c1-3-5(4-7)6-2/h3,5-7H,1,4H2,2H3. The summed E-state index contributed by atoms with van der Waals surface area (Å²) in [6, 6.07) is 0.0556. The monoisotopic (exact) mass is 101 g/mol. The third kappa shape index (κ3) is 2.37. The summed E-state index contributed by atoms with van der Waals surface area (Å²) in [7, 11) is 1.78. The van der Waals surface area contributed by atoms with Gasteiger partial charge in [0, 0.05) is 6.04 Å². The van der Waals surface area contributed by atoms with Crippen LogP contribution in [-0.2, 0) is 0 Å². The van der Waals surface area contributed by atoms with Gasteiger partial charge in [0.2, 0.25) is 0 Å². The fourth-order valence-electron chi connectivity index (χ4n) is 0.284. The second-order valence-corrected chi connectivity index (χ2v) is 1.31. The Labute approximate surface area is 43.9 Å². The number of hydrogen-bond acceptors (Lipinski definition) is 2. The maximum Gasteiger partial charge on any atom is 0.0620 e. The molecule has 0 fully saturated rings. The maximum absolute atomic E-state index is 8.39. The van der Waals surface area contributed by atoms with E-state index in [-0.39, 0.29) is 12.6 Å². The van der Waals surface area contributed by atoms with E-state index >= 15 is 0 Å². The van der Waals surface area contributed by atoms with Gasteiger partial charge in [-0.3, -0.25) is 0 Å². The first kappa shape index (κ1) is 6.66. The second-order valence-electron chi connectivity index (χ2n) is 1.31. The van der Waals surface area contributed by atoms with E-state index in [1.807, 2.05) is 0 Å². The van der Waals surface area contributed by atoms with Crippen molar-refractivity contribution in [2.24, 2.45) is 0 Å². The Kier molecular flexibility index (Phi) is 3.65. The summed E-state index contributed by atoms with van der Waals surface area (Å²) in [5, 5.41) is 11.2. The highest BCUT2D eigenvalue weighted by Crippen LogP contribution is 1.76. The first-order chi connectivity index (χ1) is 3.35. The Hall–Kier alpha value is -0.340. The molecule has 0 aromatic rings. The van der Waals surface area contributed by atoms with Gasteiger partial charge in [0.05, 0.1) is 6.61 Å². The number of nitrogens with one attached hydrogen (secondary N) is 1. The van der Waals surface area contributed by atoms with E-state index in [1.54, 1.807) is 13.1 Å². The fourth-order valence-corrected chi connectivity index (χ4v) is 0.284. The van der Waals surface area contributed by atoms with Crippen molar-refractivity contribution in [1.82, 2.24) is 5.32 Å². The molecule has 2 heteroatoms. The summed E-state index contributed by atoms with van der Waals surface area (Å²) in [5.41, 5.74) is 0. The lowest BCUT2D eigenvalue weighted by Gasteiger charge is -2.03. The first-order valence-electron chi connectivity index (χ1n) is 2.25. The van der Waals surface area contributed by atoms with E-state index in [1.165, 1.54) is 0 Å². The fraction of sp³-hybridized carbons (Fsp3) is 0.600. The smallest absolute Gasteiger partial charge is 0.0620 e. The van der Waals surface area contributed by atoms with Gasteiger partial charge in [0.1, 0.15) is 0 Å². The molecular formula is C5H11NO. The van der Waals surface area contributed by atoms with Crippen molar-refractivity contribution in [2.45, 2.75) is 6.04 Å². The molecule has 0 radical (unpaired) electrons. The molecule has 0 bridgehead atoms. The summed E-state index contributed by atoms with van der Waals surface area (Å²) in [6.07, 6.45) is 1.67. The van der Waals surface area contributed by atoms with Gasteiger partial charge in [-0.1, -0.05) is 6.08 Å². The summed E-state index contributed by atoms with van der Waals surface area (Å²) >= 11 is 0. The minimum Gasteiger partial charge on any atom is -0.394 e. The molecule has 0 saturated carbocycles. The lowest BCUT2D eigenvalue weighted by atomic mass is 10.3. The minimum absolute atomic E-state index is 0.0556. The van der Waals surface area contributed by atoms with Crippen molar-refractivity contribution < 1.29 is 5.11 Å². The number of likely N-dealkylation sites (N-methyl/N-ethyl adjacent to an activating group) is 1. The molecule has 0 amide bonds. The van der Waals surface area contributed by atoms with Gasteiger partial charge >= 0.3 is 0 Å². The molecule has 2 nitrogen and oxygen atoms in total. The summed E-state index contributed by atoms with van der Waals surface area (Å²) in [5.74, 6) is 0. The van der Waals surface area contributed by atoms with Crippen LogP contribution in [0.4, 0.5) is 0 Å². The normalized spacial score (nSPS) is 13.4. The summed E-state index contributed by atoms with van der Waals surface area (Å²) in [6.45, 7) is 3.61. The second kappa shape index (κ2) is 3.84. The predicted octanol–water partition coefficient (Wildman–Crippen LogP) is -0.247. The highest BCUT2D eigenvalue weighted by Gasteiger charge is 1.92. The van der Waals surface area contributed by atoms with Crippen LogP contribution in [0.1, 0.15) is 0 Å². The van der Waals surface area contributed by atoms with E-state index in [2.05, 4.69) is 11.9 Å². The van der Waals surface area contributed by atoms with Crippen LogP contribution in [-0.4, -0.2) is 24.8 Å². The molecule has 1 unspecified atom stereocenters. The molecule has 0 aliphatic heterocycles. The Bertz CT molecular complexity index is 50.0. The van der Waals surface area contributed by atoms with Crippen LogP contribution in [0.2, 0.25) is 0 Å². The van der Waals surface area contributed by atoms with E-state index in [0.717, 1.165) is 0 Å². The molecule has 7 heavy (non-hydrogen) atoms. The molecule has 0 spiro atoms. The average molecular weight is 101 g/mol. The van der Waals surface area contributed by atoms with Gasteiger partial charge in [0.15, 0.2) is 0 Å². The molecule has 0 heterocycles. The molecular weight excluding hydrogens is 90.1 g/mol. The zero-order valence-electron chi connectivity index (χ0n) is 4.52. The molecule has 0 aromatic heterocycles. The zero-order valence-corrected chi connectivity index (χ0v) is 4.52. The topological polar surface area (TPSA) is 32.3 Å². The SMILES string of the molecule is C=CC(CO)NC. The molecule has 2 N–H and O–H groups in total. The minimum atomic E-state index is 0.0556. The summed E-state index contributed by atoms with van der Waals surface area (Å²) < 4.78 is 0. The van der Waals surface area contributed by atoms with Crippen LogP contribution < -0.4 is 5.32 Å². The molecule has 0 aliphatic carbocycles. The molecule has 0 saturated heterocycles. The van der Waals surface area contributed by atoms with Crippen molar-refractivity contribution in [3.63, 3.8) is 0 Å². The molecule has 0 rings (SSSR count). The van der Waals surface area contributed by atoms with Gasteiger partial charge in [0.25, 0.3) is 0 Å². The van der Waals surface area contributed by atoms with Crippen LogP contribution in [0.15, 0.2) is 12.7 Å². The number of rotatable bonds is 3. The van der Waals surface area contributed by atoms with E-state index in [4.69, 9.17) is 5.11 Å². The largest absolute Gasteiger partial charge is 0.394 e. The van der Waals surface area contributed by atoms with Gasteiger partial charge < -0.3 is 10.4 Å². The molecule has 42 valence electrons. The number of hydrogen-bond donors (Lipinski definition) is 2. The van der Waals surface area contributed by atoms with Crippen LogP contribution in [0, 0.1) is 0 Å². The van der Waals surface area contributed by atoms with E-state index < -0.39 is 0 Å². The summed E-state index contributed by atoms with van der Waals surface area (Å²) in [4.78, 5) is 0. The Morgan fingerprint density at radius 3 is 2.57 bits per heavy atom. The number of aliphatic hydroxyl groups is 1. The van der Waals surface area contributed by atoms with Crippen molar-refractivity contribution in [2.75, 3.05) is 13.7 Å². The third-order valence-corrected chi connectivity index (χ3v) is 0.852. The first-order valence-corrected chi connectivity index (χ1v) is 2.25. The zero-order chi connectivity index (χ0) is 5.70. The molecule has 0 aromatic carbocycles. The van der Waals surface area contributed by atoms with Crippen molar-refractivity contribution in [3.8, 4) is 0 Å². The highest BCUT2D eigenvalue weighted by atomic mass is 16.3. The van der Waals surface area contributed by atoms with E-state index in [0.29, 0.717) is 0 Å². The highest BCUT2D eigenvalue weighted by molar-refractivity contribution is 4.82.